The van der Waals surface area contributed by atoms with Crippen LogP contribution in [-0.4, -0.2) is 61.2 Å². The van der Waals surface area contributed by atoms with Crippen LogP contribution < -0.4 is 0 Å². The highest BCUT2D eigenvalue weighted by Gasteiger charge is 2.51. The van der Waals surface area contributed by atoms with E-state index in [-0.39, 0.29) is 5.60 Å². The Labute approximate surface area is 188 Å². The highest BCUT2D eigenvalue weighted by Crippen LogP contribution is 2.57. The number of rotatable bonds is 10. The number of ether oxygens (including phenoxy) is 2. The summed E-state index contributed by atoms with van der Waals surface area (Å²) < 4.78 is 12.2. The van der Waals surface area contributed by atoms with Crippen LogP contribution in [0.5, 0.6) is 0 Å². The summed E-state index contributed by atoms with van der Waals surface area (Å²) in [5.41, 5.74) is 1.62. The molecule has 0 aromatic heterocycles. The smallest absolute Gasteiger partial charge is 0.0900 e. The lowest BCUT2D eigenvalue weighted by molar-refractivity contribution is -0.170. The summed E-state index contributed by atoms with van der Waals surface area (Å²) in [7, 11) is 0. The van der Waals surface area contributed by atoms with Crippen LogP contribution in [0.25, 0.3) is 0 Å². The van der Waals surface area contributed by atoms with E-state index in [0.29, 0.717) is 19.8 Å². The van der Waals surface area contributed by atoms with Crippen LogP contribution in [0.1, 0.15) is 56.9 Å². The summed E-state index contributed by atoms with van der Waals surface area (Å²) in [6.07, 6.45) is 11.4. The molecule has 4 nitrogen and oxygen atoms in total. The molecule has 1 aromatic rings. The van der Waals surface area contributed by atoms with Gasteiger partial charge in [-0.05, 0) is 100 Å². The van der Waals surface area contributed by atoms with Gasteiger partial charge >= 0.3 is 0 Å². The molecule has 1 saturated heterocycles. The molecular weight excluding hydrogens is 386 g/mol. The normalized spacial score (nSPS) is 34.3. The van der Waals surface area contributed by atoms with Crippen LogP contribution in [0.2, 0.25) is 0 Å². The van der Waals surface area contributed by atoms with E-state index >= 15 is 0 Å². The summed E-state index contributed by atoms with van der Waals surface area (Å²) in [5.74, 6) is 3.54. The molecule has 4 bridgehead atoms. The van der Waals surface area contributed by atoms with Gasteiger partial charge in [0.1, 0.15) is 0 Å². The Kier molecular flexibility index (Phi) is 6.99. The van der Waals surface area contributed by atoms with E-state index in [1.165, 1.54) is 63.4 Å². The van der Waals surface area contributed by atoms with Crippen LogP contribution >= 0.6 is 0 Å². The first kappa shape index (κ1) is 21.9. The predicted octanol–water partition coefficient (Wildman–Crippen LogP) is 4.30. The van der Waals surface area contributed by atoms with Crippen LogP contribution in [0.15, 0.2) is 30.3 Å². The van der Waals surface area contributed by atoms with Crippen molar-refractivity contribution in [2.24, 2.45) is 23.7 Å². The molecule has 4 aliphatic carbocycles. The van der Waals surface area contributed by atoms with Crippen LogP contribution in [0.4, 0.5) is 0 Å². The predicted molar refractivity (Wildman–Crippen MR) is 123 cm³/mol. The number of piperidine rings is 1. The molecule has 5 fully saturated rings. The van der Waals surface area contributed by atoms with Crippen molar-refractivity contribution in [2.45, 2.75) is 69.5 Å². The SMILES string of the molecule is O[C@@H](COCCOC12CC3CC(CC(C3)C1)C2)CN1CCC(Cc2ccccc2)CC1. The number of hydrogen-bond donors (Lipinski definition) is 1. The first-order chi connectivity index (χ1) is 15.2. The van der Waals surface area contributed by atoms with Crippen molar-refractivity contribution in [3.63, 3.8) is 0 Å². The van der Waals surface area contributed by atoms with Gasteiger partial charge in [0.2, 0.25) is 0 Å². The zero-order chi connectivity index (χ0) is 21.1. The van der Waals surface area contributed by atoms with E-state index in [2.05, 4.69) is 35.2 Å². The van der Waals surface area contributed by atoms with Gasteiger partial charge < -0.3 is 19.5 Å². The van der Waals surface area contributed by atoms with Crippen molar-refractivity contribution in [3.8, 4) is 0 Å². The van der Waals surface area contributed by atoms with Crippen LogP contribution in [0.3, 0.4) is 0 Å². The standard InChI is InChI=1S/C27H41NO3/c29-26(19-28-8-6-22(7-9-28)12-21-4-2-1-3-5-21)20-30-10-11-31-27-16-23-13-24(17-27)15-25(14-23)18-27/h1-5,22-26,29H,6-20H2/t23?,24?,25?,26-,27?/m1/s1. The molecule has 1 aliphatic heterocycles. The maximum atomic E-state index is 10.4. The third kappa shape index (κ3) is 5.71. The van der Waals surface area contributed by atoms with E-state index in [0.717, 1.165) is 43.3 Å². The van der Waals surface area contributed by atoms with Crippen molar-refractivity contribution in [1.29, 1.82) is 0 Å². The van der Waals surface area contributed by atoms with E-state index in [1.54, 1.807) is 0 Å². The molecule has 6 rings (SSSR count). The van der Waals surface area contributed by atoms with E-state index in [9.17, 15) is 5.11 Å². The fourth-order valence-electron chi connectivity index (χ4n) is 7.42. The van der Waals surface area contributed by atoms with E-state index in [1.807, 2.05) is 0 Å². The van der Waals surface area contributed by atoms with E-state index < -0.39 is 6.10 Å². The fourth-order valence-corrected chi connectivity index (χ4v) is 7.42. The van der Waals surface area contributed by atoms with Gasteiger partial charge in [-0.15, -0.1) is 0 Å². The molecule has 1 heterocycles. The molecule has 4 saturated carbocycles. The highest BCUT2D eigenvalue weighted by molar-refractivity contribution is 5.15. The number of nitrogens with zero attached hydrogens (tertiary/aromatic N) is 1. The second-order valence-corrected chi connectivity index (χ2v) is 11.1. The molecule has 1 N–H and O–H groups in total. The summed E-state index contributed by atoms with van der Waals surface area (Å²) in [6.45, 7) is 4.62. The third-order valence-electron chi connectivity index (χ3n) is 8.47. The monoisotopic (exact) mass is 427 g/mol. The second kappa shape index (κ2) is 9.91. The Morgan fingerprint density at radius 3 is 2.23 bits per heavy atom. The zero-order valence-electron chi connectivity index (χ0n) is 19.1. The van der Waals surface area contributed by atoms with Crippen molar-refractivity contribution < 1.29 is 14.6 Å². The third-order valence-corrected chi connectivity index (χ3v) is 8.47. The van der Waals surface area contributed by atoms with Crippen LogP contribution in [0, 0.1) is 23.7 Å². The average Bonchev–Trinajstić information content (AvgIpc) is 2.75. The minimum absolute atomic E-state index is 0.167. The van der Waals surface area contributed by atoms with Crippen molar-refractivity contribution in [3.05, 3.63) is 35.9 Å². The number of benzene rings is 1. The summed E-state index contributed by atoms with van der Waals surface area (Å²) in [4.78, 5) is 2.40. The first-order valence-electron chi connectivity index (χ1n) is 12.8. The molecule has 4 heteroatoms. The number of likely N-dealkylation sites (tertiary alicyclic amines) is 1. The molecule has 172 valence electrons. The minimum Gasteiger partial charge on any atom is -0.389 e. The summed E-state index contributed by atoms with van der Waals surface area (Å²) in [5, 5.41) is 10.4. The summed E-state index contributed by atoms with van der Waals surface area (Å²) in [6, 6.07) is 10.8. The van der Waals surface area contributed by atoms with Gasteiger partial charge in [-0.1, -0.05) is 30.3 Å². The quantitative estimate of drug-likeness (QED) is 0.565. The fraction of sp³-hybridized carbons (Fsp3) is 0.778. The molecule has 5 aliphatic rings. The largest absolute Gasteiger partial charge is 0.389 e. The van der Waals surface area contributed by atoms with Crippen molar-refractivity contribution in [1.82, 2.24) is 4.90 Å². The van der Waals surface area contributed by atoms with Gasteiger partial charge in [0.25, 0.3) is 0 Å². The average molecular weight is 428 g/mol. The van der Waals surface area contributed by atoms with Crippen LogP contribution in [-0.2, 0) is 15.9 Å². The van der Waals surface area contributed by atoms with Gasteiger partial charge in [0, 0.05) is 6.54 Å². The topological polar surface area (TPSA) is 41.9 Å². The lowest BCUT2D eigenvalue weighted by Gasteiger charge is -2.56. The minimum atomic E-state index is -0.398. The molecule has 0 unspecified atom stereocenters. The lowest BCUT2D eigenvalue weighted by Crippen LogP contribution is -2.52. The lowest BCUT2D eigenvalue weighted by atomic mass is 9.54. The second-order valence-electron chi connectivity index (χ2n) is 11.1. The Hall–Kier alpha value is -0.940. The first-order valence-corrected chi connectivity index (χ1v) is 12.8. The Morgan fingerprint density at radius 1 is 0.935 bits per heavy atom. The van der Waals surface area contributed by atoms with Gasteiger partial charge in [-0.25, -0.2) is 0 Å². The number of β-amino-alcohol motifs (C(OH)–C–C–N with tert-alkyl or cyclic N) is 1. The number of hydrogen-bond acceptors (Lipinski definition) is 4. The number of aliphatic hydroxyl groups excluding tert-OH is 1. The van der Waals surface area contributed by atoms with Gasteiger partial charge in [-0.3, -0.25) is 0 Å². The van der Waals surface area contributed by atoms with Gasteiger partial charge in [-0.2, -0.15) is 0 Å². The summed E-state index contributed by atoms with van der Waals surface area (Å²) >= 11 is 0. The molecule has 0 radical (unpaired) electrons. The Balaban J connectivity index is 0.941. The highest BCUT2D eigenvalue weighted by atomic mass is 16.5. The van der Waals surface area contributed by atoms with Crippen molar-refractivity contribution >= 4 is 0 Å². The van der Waals surface area contributed by atoms with Gasteiger partial charge in [0.15, 0.2) is 0 Å². The maximum Gasteiger partial charge on any atom is 0.0900 e. The molecule has 31 heavy (non-hydrogen) atoms. The zero-order valence-corrected chi connectivity index (χ0v) is 19.1. The Bertz CT molecular complexity index is 650. The molecule has 0 amide bonds. The van der Waals surface area contributed by atoms with Gasteiger partial charge in [0.05, 0.1) is 31.5 Å². The maximum absolute atomic E-state index is 10.4. The molecular formula is C27H41NO3. The molecule has 1 atom stereocenters. The van der Waals surface area contributed by atoms with Crippen molar-refractivity contribution in [2.75, 3.05) is 39.5 Å². The molecule has 0 spiro atoms. The van der Waals surface area contributed by atoms with E-state index in [4.69, 9.17) is 9.47 Å². The molecule has 1 aromatic carbocycles. The number of aliphatic hydroxyl groups is 1. The Morgan fingerprint density at radius 2 is 1.58 bits per heavy atom.